The van der Waals surface area contributed by atoms with Crippen LogP contribution in [0.3, 0.4) is 0 Å². The number of likely N-dealkylation sites (N-methyl/N-ethyl adjacent to an activating group) is 1. The van der Waals surface area contributed by atoms with Crippen LogP contribution in [0.15, 0.2) is 36.4 Å². The molecule has 2 aromatic rings. The van der Waals surface area contributed by atoms with Gasteiger partial charge in [-0.25, -0.2) is 0 Å². The van der Waals surface area contributed by atoms with Gasteiger partial charge in [0, 0.05) is 25.2 Å². The van der Waals surface area contributed by atoms with Crippen molar-refractivity contribution >= 4 is 11.6 Å². The van der Waals surface area contributed by atoms with Crippen molar-refractivity contribution < 1.29 is 24.3 Å². The number of nitro benzene ring substituents is 1. The number of carbonyl (C=O) groups is 1. The van der Waals surface area contributed by atoms with E-state index in [1.165, 1.54) is 31.2 Å². The normalized spacial score (nSPS) is 11.6. The van der Waals surface area contributed by atoms with Gasteiger partial charge >= 0.3 is 5.69 Å². The van der Waals surface area contributed by atoms with Crippen molar-refractivity contribution in [1.82, 2.24) is 4.90 Å². The SMILES string of the molecule is COc1ccc(C(=O)N(C)C[C@H](O)COc2ccc(C)cc2C)cc1[N+](=O)[O-]. The number of benzene rings is 2. The van der Waals surface area contributed by atoms with Crippen LogP contribution in [-0.2, 0) is 0 Å². The summed E-state index contributed by atoms with van der Waals surface area (Å²) in [6.45, 7) is 3.94. The first kappa shape index (κ1) is 21.2. The van der Waals surface area contributed by atoms with Crippen LogP contribution in [0.4, 0.5) is 5.69 Å². The van der Waals surface area contributed by atoms with E-state index in [0.29, 0.717) is 5.75 Å². The molecule has 150 valence electrons. The lowest BCUT2D eigenvalue weighted by atomic mass is 10.1. The third-order valence-corrected chi connectivity index (χ3v) is 4.22. The molecule has 0 spiro atoms. The van der Waals surface area contributed by atoms with Crippen LogP contribution < -0.4 is 9.47 Å². The Bertz CT molecular complexity index is 868. The van der Waals surface area contributed by atoms with Crippen LogP contribution in [0.25, 0.3) is 0 Å². The zero-order chi connectivity index (χ0) is 20.8. The van der Waals surface area contributed by atoms with Crippen molar-refractivity contribution in [2.24, 2.45) is 0 Å². The molecule has 0 aromatic heterocycles. The van der Waals surface area contributed by atoms with Crippen LogP contribution in [0.1, 0.15) is 21.5 Å². The van der Waals surface area contributed by atoms with Crippen LogP contribution in [0, 0.1) is 24.0 Å². The monoisotopic (exact) mass is 388 g/mol. The molecule has 8 nitrogen and oxygen atoms in total. The van der Waals surface area contributed by atoms with Crippen molar-refractivity contribution in [3.05, 3.63) is 63.2 Å². The summed E-state index contributed by atoms with van der Waals surface area (Å²) in [6.07, 6.45) is -0.914. The minimum atomic E-state index is -0.914. The molecule has 0 aliphatic carbocycles. The number of ether oxygens (including phenoxy) is 2. The summed E-state index contributed by atoms with van der Waals surface area (Å²) in [5.41, 5.74) is 1.92. The topological polar surface area (TPSA) is 102 Å². The van der Waals surface area contributed by atoms with Gasteiger partial charge in [-0.2, -0.15) is 0 Å². The summed E-state index contributed by atoms with van der Waals surface area (Å²) in [4.78, 5) is 24.3. The highest BCUT2D eigenvalue weighted by Gasteiger charge is 2.21. The molecule has 1 N–H and O–H groups in total. The molecule has 0 saturated heterocycles. The zero-order valence-electron chi connectivity index (χ0n) is 16.3. The Kier molecular flexibility index (Phi) is 6.94. The quantitative estimate of drug-likeness (QED) is 0.551. The van der Waals surface area contributed by atoms with Crippen LogP contribution in [0.5, 0.6) is 11.5 Å². The average Bonchev–Trinajstić information content (AvgIpc) is 2.66. The molecule has 2 aromatic carbocycles. The molecule has 0 saturated carbocycles. The van der Waals surface area contributed by atoms with E-state index in [0.717, 1.165) is 17.2 Å². The van der Waals surface area contributed by atoms with Crippen molar-refractivity contribution in [2.45, 2.75) is 20.0 Å². The second-order valence-corrected chi connectivity index (χ2v) is 6.56. The molecule has 0 bridgehead atoms. The second kappa shape index (κ2) is 9.18. The Balaban J connectivity index is 1.99. The number of aliphatic hydroxyl groups excluding tert-OH is 1. The van der Waals surface area contributed by atoms with Gasteiger partial charge in [0.15, 0.2) is 5.75 Å². The van der Waals surface area contributed by atoms with Gasteiger partial charge in [-0.3, -0.25) is 14.9 Å². The fourth-order valence-corrected chi connectivity index (χ4v) is 2.79. The van der Waals surface area contributed by atoms with Gasteiger partial charge in [-0.1, -0.05) is 17.7 Å². The van der Waals surface area contributed by atoms with Gasteiger partial charge in [0.05, 0.1) is 12.0 Å². The van der Waals surface area contributed by atoms with Crippen LogP contribution in [-0.4, -0.2) is 54.3 Å². The Morgan fingerprint density at radius 3 is 2.50 bits per heavy atom. The van der Waals surface area contributed by atoms with Crippen molar-refractivity contribution in [1.29, 1.82) is 0 Å². The van der Waals surface area contributed by atoms with E-state index in [4.69, 9.17) is 9.47 Å². The van der Waals surface area contributed by atoms with E-state index >= 15 is 0 Å². The Morgan fingerprint density at radius 1 is 1.21 bits per heavy atom. The molecule has 2 rings (SSSR count). The molecule has 28 heavy (non-hydrogen) atoms. The molecule has 1 amide bonds. The van der Waals surface area contributed by atoms with Gasteiger partial charge in [-0.05, 0) is 37.6 Å². The minimum absolute atomic E-state index is 0.0174. The molecular formula is C20H24N2O6. The molecular weight excluding hydrogens is 364 g/mol. The van der Waals surface area contributed by atoms with Crippen molar-refractivity contribution in [3.8, 4) is 11.5 Å². The summed E-state index contributed by atoms with van der Waals surface area (Å²) in [6, 6.07) is 9.72. The fourth-order valence-electron chi connectivity index (χ4n) is 2.79. The first-order valence-corrected chi connectivity index (χ1v) is 8.69. The second-order valence-electron chi connectivity index (χ2n) is 6.56. The molecule has 0 heterocycles. The number of hydrogen-bond donors (Lipinski definition) is 1. The number of aliphatic hydroxyl groups is 1. The van der Waals surface area contributed by atoms with Crippen molar-refractivity contribution in [3.63, 3.8) is 0 Å². The van der Waals surface area contributed by atoms with Gasteiger partial charge in [0.1, 0.15) is 18.5 Å². The number of nitrogens with zero attached hydrogens (tertiary/aromatic N) is 2. The van der Waals surface area contributed by atoms with E-state index in [-0.39, 0.29) is 30.2 Å². The first-order valence-electron chi connectivity index (χ1n) is 8.69. The third-order valence-electron chi connectivity index (χ3n) is 4.22. The Morgan fingerprint density at radius 2 is 1.89 bits per heavy atom. The molecule has 0 aliphatic rings. The van der Waals surface area contributed by atoms with E-state index in [1.54, 1.807) is 0 Å². The van der Waals surface area contributed by atoms with E-state index in [2.05, 4.69) is 0 Å². The maximum atomic E-state index is 12.5. The highest BCUT2D eigenvalue weighted by Crippen LogP contribution is 2.28. The highest BCUT2D eigenvalue weighted by atomic mass is 16.6. The smallest absolute Gasteiger partial charge is 0.311 e. The summed E-state index contributed by atoms with van der Waals surface area (Å²) >= 11 is 0. The maximum absolute atomic E-state index is 12.5. The highest BCUT2D eigenvalue weighted by molar-refractivity contribution is 5.95. The molecule has 0 fully saturated rings. The summed E-state index contributed by atoms with van der Waals surface area (Å²) in [5, 5.41) is 21.3. The standard InChI is InChI=1S/C20H24N2O6/c1-13-5-7-18(14(2)9-13)28-12-16(23)11-21(3)20(24)15-6-8-19(27-4)17(10-15)22(25)26/h5-10,16,23H,11-12H2,1-4H3/t16-/m0/s1. The number of rotatable bonds is 8. The van der Waals surface area contributed by atoms with Crippen molar-refractivity contribution in [2.75, 3.05) is 27.3 Å². The van der Waals surface area contributed by atoms with Crippen LogP contribution >= 0.6 is 0 Å². The van der Waals surface area contributed by atoms with E-state index in [1.807, 2.05) is 32.0 Å². The lowest BCUT2D eigenvalue weighted by Crippen LogP contribution is -2.37. The number of methoxy groups -OCH3 is 1. The summed E-state index contributed by atoms with van der Waals surface area (Å²) in [5.74, 6) is 0.298. The van der Waals surface area contributed by atoms with E-state index in [9.17, 15) is 20.0 Å². The summed E-state index contributed by atoms with van der Waals surface area (Å²) < 4.78 is 10.6. The van der Waals surface area contributed by atoms with Crippen LogP contribution in [0.2, 0.25) is 0 Å². The molecule has 0 aliphatic heterocycles. The lowest BCUT2D eigenvalue weighted by Gasteiger charge is -2.21. The van der Waals surface area contributed by atoms with Gasteiger partial charge in [-0.15, -0.1) is 0 Å². The van der Waals surface area contributed by atoms with Gasteiger partial charge < -0.3 is 19.5 Å². The third kappa shape index (κ3) is 5.20. The number of hydrogen-bond acceptors (Lipinski definition) is 6. The predicted molar refractivity (Wildman–Crippen MR) is 104 cm³/mol. The summed E-state index contributed by atoms with van der Waals surface area (Å²) in [7, 11) is 2.83. The lowest BCUT2D eigenvalue weighted by molar-refractivity contribution is -0.385. The Hall–Kier alpha value is -3.13. The Labute approximate surface area is 163 Å². The number of aryl methyl sites for hydroxylation is 2. The number of nitro groups is 1. The minimum Gasteiger partial charge on any atom is -0.491 e. The molecule has 8 heteroatoms. The average molecular weight is 388 g/mol. The van der Waals surface area contributed by atoms with E-state index < -0.39 is 16.9 Å². The fraction of sp³-hybridized carbons (Fsp3) is 0.350. The predicted octanol–water partition coefficient (Wildman–Crippen LogP) is 2.73. The zero-order valence-corrected chi connectivity index (χ0v) is 16.3. The van der Waals surface area contributed by atoms with Gasteiger partial charge in [0.25, 0.3) is 5.91 Å². The molecule has 1 atom stereocenters. The maximum Gasteiger partial charge on any atom is 0.311 e. The largest absolute Gasteiger partial charge is 0.491 e. The molecule has 0 unspecified atom stereocenters. The number of amides is 1. The van der Waals surface area contributed by atoms with Gasteiger partial charge in [0.2, 0.25) is 0 Å². The number of carbonyl (C=O) groups excluding carboxylic acids is 1. The molecule has 0 radical (unpaired) electrons. The first-order chi connectivity index (χ1) is 13.2.